The van der Waals surface area contributed by atoms with Crippen LogP contribution in [0.2, 0.25) is 5.02 Å². The molecule has 0 amide bonds. The SMILES string of the molecule is O=c1cc(CSc2nnc(NC3CC3)s2)c2cc(Cl)c(O)cc2o1. The smallest absolute Gasteiger partial charge is 0.336 e. The highest BCUT2D eigenvalue weighted by Gasteiger charge is 2.22. The van der Waals surface area contributed by atoms with Crippen LogP contribution in [0.4, 0.5) is 5.13 Å². The number of hydrogen-bond acceptors (Lipinski definition) is 8. The van der Waals surface area contributed by atoms with E-state index in [0.29, 0.717) is 22.8 Å². The number of aromatic nitrogens is 2. The molecule has 0 atom stereocenters. The van der Waals surface area contributed by atoms with Crippen LogP contribution in [0, 0.1) is 0 Å². The molecule has 124 valence electrons. The number of fused-ring (bicyclic) bond motifs is 1. The molecule has 0 aliphatic heterocycles. The largest absolute Gasteiger partial charge is 0.506 e. The van der Waals surface area contributed by atoms with Crippen LogP contribution in [0.1, 0.15) is 18.4 Å². The standard InChI is InChI=1S/C15H12ClN3O3S2/c16-10-4-9-7(3-13(21)22-12(9)5-11(10)20)6-23-15-19-18-14(24-15)17-8-1-2-8/h3-5,8,20H,1-2,6H2,(H,17,18). The highest BCUT2D eigenvalue weighted by Crippen LogP contribution is 2.34. The number of halogens is 1. The van der Waals surface area contributed by atoms with E-state index < -0.39 is 5.63 Å². The van der Waals surface area contributed by atoms with E-state index in [1.54, 1.807) is 6.07 Å². The lowest BCUT2D eigenvalue weighted by Gasteiger charge is -2.05. The molecule has 1 saturated carbocycles. The van der Waals surface area contributed by atoms with Gasteiger partial charge in [-0.05, 0) is 24.5 Å². The predicted octanol–water partition coefficient (Wildman–Crippen LogP) is 3.87. The maximum absolute atomic E-state index is 11.7. The van der Waals surface area contributed by atoms with Gasteiger partial charge in [0.05, 0.1) is 5.02 Å². The lowest BCUT2D eigenvalue weighted by molar-refractivity contribution is 0.473. The molecule has 0 radical (unpaired) electrons. The number of hydrogen-bond donors (Lipinski definition) is 2. The Balaban J connectivity index is 1.58. The Morgan fingerprint density at radius 3 is 3.00 bits per heavy atom. The molecule has 1 aromatic carbocycles. The van der Waals surface area contributed by atoms with E-state index in [1.165, 1.54) is 48.1 Å². The molecule has 0 bridgehead atoms. The Labute approximate surface area is 149 Å². The van der Waals surface area contributed by atoms with Crippen molar-refractivity contribution in [2.45, 2.75) is 29.0 Å². The monoisotopic (exact) mass is 381 g/mol. The van der Waals surface area contributed by atoms with Crippen molar-refractivity contribution in [2.24, 2.45) is 0 Å². The first-order valence-corrected chi connectivity index (χ1v) is 9.44. The van der Waals surface area contributed by atoms with Crippen molar-refractivity contribution in [3.63, 3.8) is 0 Å². The van der Waals surface area contributed by atoms with Gasteiger partial charge in [-0.25, -0.2) is 4.79 Å². The van der Waals surface area contributed by atoms with E-state index in [0.717, 1.165) is 15.0 Å². The van der Waals surface area contributed by atoms with Crippen LogP contribution in [-0.4, -0.2) is 21.3 Å². The van der Waals surface area contributed by atoms with Crippen molar-refractivity contribution < 1.29 is 9.52 Å². The van der Waals surface area contributed by atoms with E-state index in [1.807, 2.05) is 0 Å². The van der Waals surface area contributed by atoms with Crippen LogP contribution in [0.15, 0.2) is 31.8 Å². The van der Waals surface area contributed by atoms with Gasteiger partial charge in [-0.15, -0.1) is 10.2 Å². The molecule has 1 aliphatic rings. The summed E-state index contributed by atoms with van der Waals surface area (Å²) in [6.07, 6.45) is 2.36. The molecule has 9 heteroatoms. The number of nitrogens with one attached hydrogen (secondary N) is 1. The van der Waals surface area contributed by atoms with Crippen molar-refractivity contribution in [3.05, 3.63) is 39.2 Å². The average Bonchev–Trinajstić information content (AvgIpc) is 3.23. The van der Waals surface area contributed by atoms with Gasteiger partial charge >= 0.3 is 5.63 Å². The fourth-order valence-electron chi connectivity index (χ4n) is 2.22. The van der Waals surface area contributed by atoms with Crippen LogP contribution in [0.3, 0.4) is 0 Å². The first kappa shape index (κ1) is 15.7. The molecule has 2 heterocycles. The zero-order valence-electron chi connectivity index (χ0n) is 12.3. The summed E-state index contributed by atoms with van der Waals surface area (Å²) in [7, 11) is 0. The molecule has 0 spiro atoms. The van der Waals surface area contributed by atoms with Crippen molar-refractivity contribution in [2.75, 3.05) is 5.32 Å². The van der Waals surface area contributed by atoms with Crippen LogP contribution in [-0.2, 0) is 5.75 Å². The van der Waals surface area contributed by atoms with Crippen molar-refractivity contribution in [3.8, 4) is 5.75 Å². The average molecular weight is 382 g/mol. The van der Waals surface area contributed by atoms with Gasteiger partial charge in [0.15, 0.2) is 4.34 Å². The van der Waals surface area contributed by atoms with Gasteiger partial charge in [-0.3, -0.25) is 0 Å². The number of phenolic OH excluding ortho intramolecular Hbond substituents is 1. The summed E-state index contributed by atoms with van der Waals surface area (Å²) in [6, 6.07) is 4.93. The van der Waals surface area contributed by atoms with E-state index in [9.17, 15) is 9.90 Å². The number of nitrogens with zero attached hydrogens (tertiary/aromatic N) is 2. The minimum Gasteiger partial charge on any atom is -0.506 e. The Hall–Kier alpha value is -1.77. The minimum atomic E-state index is -0.465. The Morgan fingerprint density at radius 2 is 2.21 bits per heavy atom. The van der Waals surface area contributed by atoms with Crippen molar-refractivity contribution in [1.29, 1.82) is 0 Å². The first-order chi connectivity index (χ1) is 11.6. The molecule has 4 rings (SSSR count). The van der Waals surface area contributed by atoms with E-state index in [2.05, 4.69) is 15.5 Å². The Kier molecular flexibility index (Phi) is 4.11. The van der Waals surface area contributed by atoms with Gasteiger partial charge in [0, 0.05) is 29.3 Å². The number of aromatic hydroxyl groups is 1. The quantitative estimate of drug-likeness (QED) is 0.512. The summed E-state index contributed by atoms with van der Waals surface area (Å²) < 4.78 is 5.95. The van der Waals surface area contributed by atoms with Crippen LogP contribution in [0.5, 0.6) is 5.75 Å². The number of anilines is 1. The lowest BCUT2D eigenvalue weighted by Crippen LogP contribution is -1.99. The van der Waals surface area contributed by atoms with Crippen LogP contribution < -0.4 is 10.9 Å². The highest BCUT2D eigenvalue weighted by molar-refractivity contribution is 8.00. The molecule has 1 fully saturated rings. The molecule has 2 N–H and O–H groups in total. The molecular formula is C15H12ClN3O3S2. The fourth-order valence-corrected chi connectivity index (χ4v) is 4.21. The van der Waals surface area contributed by atoms with E-state index in [4.69, 9.17) is 16.0 Å². The van der Waals surface area contributed by atoms with Crippen LogP contribution >= 0.6 is 34.7 Å². The highest BCUT2D eigenvalue weighted by atomic mass is 35.5. The van der Waals surface area contributed by atoms with Gasteiger partial charge in [0.25, 0.3) is 0 Å². The molecule has 6 nitrogen and oxygen atoms in total. The maximum atomic E-state index is 11.7. The van der Waals surface area contributed by atoms with E-state index >= 15 is 0 Å². The normalized spacial score (nSPS) is 14.2. The first-order valence-electron chi connectivity index (χ1n) is 7.26. The number of rotatable bonds is 5. The molecule has 0 unspecified atom stereocenters. The third kappa shape index (κ3) is 3.35. The zero-order valence-corrected chi connectivity index (χ0v) is 14.7. The third-order valence-electron chi connectivity index (χ3n) is 3.56. The second-order valence-corrected chi connectivity index (χ2v) is 8.08. The predicted molar refractivity (Wildman–Crippen MR) is 95.3 cm³/mol. The summed E-state index contributed by atoms with van der Waals surface area (Å²) in [4.78, 5) is 11.7. The van der Waals surface area contributed by atoms with Gasteiger partial charge in [0.2, 0.25) is 5.13 Å². The number of benzene rings is 1. The Bertz CT molecular complexity index is 968. The Morgan fingerprint density at radius 1 is 1.38 bits per heavy atom. The zero-order chi connectivity index (χ0) is 16.7. The fraction of sp³-hybridized carbons (Fsp3) is 0.267. The summed E-state index contributed by atoms with van der Waals surface area (Å²) in [5.41, 5.74) is 0.626. The molecular weight excluding hydrogens is 370 g/mol. The number of thioether (sulfide) groups is 1. The van der Waals surface area contributed by atoms with Crippen LogP contribution in [0.25, 0.3) is 11.0 Å². The summed E-state index contributed by atoms with van der Waals surface area (Å²) >= 11 is 8.96. The summed E-state index contributed by atoms with van der Waals surface area (Å²) in [6.45, 7) is 0. The molecule has 3 aromatic rings. The van der Waals surface area contributed by atoms with E-state index in [-0.39, 0.29) is 10.8 Å². The van der Waals surface area contributed by atoms with Gasteiger partial charge in [-0.2, -0.15) is 0 Å². The molecule has 0 saturated heterocycles. The second kappa shape index (κ2) is 6.27. The van der Waals surface area contributed by atoms with Gasteiger partial charge in [-0.1, -0.05) is 34.7 Å². The third-order valence-corrected chi connectivity index (χ3v) is 5.90. The van der Waals surface area contributed by atoms with Gasteiger partial charge in [0.1, 0.15) is 11.3 Å². The maximum Gasteiger partial charge on any atom is 0.336 e. The van der Waals surface area contributed by atoms with Crippen molar-refractivity contribution in [1.82, 2.24) is 10.2 Å². The second-order valence-electron chi connectivity index (χ2n) is 5.47. The van der Waals surface area contributed by atoms with Crippen molar-refractivity contribution >= 4 is 50.8 Å². The minimum absolute atomic E-state index is 0.114. The van der Waals surface area contributed by atoms with Gasteiger partial charge < -0.3 is 14.8 Å². The number of phenols is 1. The molecule has 24 heavy (non-hydrogen) atoms. The molecule has 2 aromatic heterocycles. The topological polar surface area (TPSA) is 88.2 Å². The summed E-state index contributed by atoms with van der Waals surface area (Å²) in [5.74, 6) is 0.415. The summed E-state index contributed by atoms with van der Waals surface area (Å²) in [5, 5.41) is 23.0. The molecule has 1 aliphatic carbocycles. The lowest BCUT2D eigenvalue weighted by atomic mass is 10.1.